The third-order valence-electron chi connectivity index (χ3n) is 3.48. The van der Waals surface area contributed by atoms with Gasteiger partial charge in [0, 0.05) is 26.6 Å². The largest absolute Gasteiger partial charge is 0.289 e. The highest BCUT2D eigenvalue weighted by atomic mass is 35.5. The molecule has 8 heteroatoms. The lowest BCUT2D eigenvalue weighted by Gasteiger charge is -2.19. The number of hydrogen-bond donors (Lipinski definition) is 1. The summed E-state index contributed by atoms with van der Waals surface area (Å²) in [6.45, 7) is 0. The normalized spacial score (nSPS) is 13.2. The molecule has 4 rings (SSSR count). The van der Waals surface area contributed by atoms with Gasteiger partial charge in [0.2, 0.25) is 5.16 Å². The maximum Gasteiger partial charge on any atom is 0.214 e. The zero-order chi connectivity index (χ0) is 16.7. The molecule has 0 saturated heterocycles. The number of benzene rings is 2. The van der Waals surface area contributed by atoms with Crippen LogP contribution in [0.2, 0.25) is 15.1 Å². The number of halogens is 3. The molecule has 24 heavy (non-hydrogen) atoms. The molecular weight excluding hydrogens is 387 g/mol. The Morgan fingerprint density at radius 1 is 0.917 bits per heavy atom. The van der Waals surface area contributed by atoms with Crippen LogP contribution in [0.1, 0.15) is 5.56 Å². The Hall–Kier alpha value is -1.66. The molecule has 1 aliphatic heterocycles. The van der Waals surface area contributed by atoms with Crippen molar-refractivity contribution in [1.29, 1.82) is 0 Å². The molecule has 0 bridgehead atoms. The first-order chi connectivity index (χ1) is 11.6. The smallest absolute Gasteiger partial charge is 0.214 e. The predicted octanol–water partition coefficient (Wildman–Crippen LogP) is 5.55. The molecule has 0 radical (unpaired) electrons. The summed E-state index contributed by atoms with van der Waals surface area (Å²) in [6, 6.07) is 12.9. The minimum atomic E-state index is 0.520. The number of nitrogens with one attached hydrogen (secondary N) is 1. The second-order valence-electron chi connectivity index (χ2n) is 5.03. The molecule has 2 aromatic carbocycles. The Balaban J connectivity index is 1.72. The van der Waals surface area contributed by atoms with Crippen LogP contribution in [0.3, 0.4) is 0 Å². The topological polar surface area (TPSA) is 42.7 Å². The van der Waals surface area contributed by atoms with E-state index in [0.29, 0.717) is 20.9 Å². The van der Waals surface area contributed by atoms with E-state index in [2.05, 4.69) is 15.6 Å². The van der Waals surface area contributed by atoms with Gasteiger partial charge in [-0.15, -0.1) is 10.2 Å². The fourth-order valence-corrected chi connectivity index (χ4v) is 3.67. The van der Waals surface area contributed by atoms with Gasteiger partial charge >= 0.3 is 0 Å². The van der Waals surface area contributed by atoms with Crippen LogP contribution >= 0.6 is 46.6 Å². The van der Waals surface area contributed by atoms with E-state index < -0.39 is 0 Å². The molecule has 3 aromatic rings. The summed E-state index contributed by atoms with van der Waals surface area (Å²) < 4.78 is 1.81. The molecular formula is C16H9Cl3N4S. The van der Waals surface area contributed by atoms with Crippen LogP contribution in [0, 0.1) is 0 Å². The summed E-state index contributed by atoms with van der Waals surface area (Å²) in [7, 11) is 0. The molecule has 4 nitrogen and oxygen atoms in total. The van der Waals surface area contributed by atoms with Crippen LogP contribution in [-0.4, -0.2) is 14.9 Å². The molecule has 120 valence electrons. The number of fused-ring (bicyclic) bond motifs is 1. The summed E-state index contributed by atoms with van der Waals surface area (Å²) in [4.78, 5) is 0. The molecule has 0 atom stereocenters. The van der Waals surface area contributed by atoms with Crippen molar-refractivity contribution in [2.45, 2.75) is 5.16 Å². The van der Waals surface area contributed by atoms with Crippen molar-refractivity contribution in [3.8, 4) is 11.4 Å². The van der Waals surface area contributed by atoms with Gasteiger partial charge in [-0.3, -0.25) is 5.43 Å². The summed E-state index contributed by atoms with van der Waals surface area (Å²) in [5, 5.41) is 13.0. The van der Waals surface area contributed by atoms with Crippen molar-refractivity contribution in [3.63, 3.8) is 0 Å². The molecule has 0 unspecified atom stereocenters. The van der Waals surface area contributed by atoms with E-state index in [-0.39, 0.29) is 0 Å². The second-order valence-corrected chi connectivity index (χ2v) is 7.15. The SMILES string of the molecule is Clc1ccc(C2=CSc3nnc(-c4ccc(Cl)cc4Cl)n3N2)cc1. The highest BCUT2D eigenvalue weighted by molar-refractivity contribution is 8.02. The van der Waals surface area contributed by atoms with Crippen molar-refractivity contribution in [2.75, 3.05) is 5.43 Å². The number of rotatable bonds is 2. The fraction of sp³-hybridized carbons (Fsp3) is 0. The highest BCUT2D eigenvalue weighted by Gasteiger charge is 2.21. The lowest BCUT2D eigenvalue weighted by Crippen LogP contribution is -2.18. The lowest BCUT2D eigenvalue weighted by atomic mass is 10.2. The summed E-state index contributed by atoms with van der Waals surface area (Å²) in [6.07, 6.45) is 0. The van der Waals surface area contributed by atoms with E-state index in [1.165, 1.54) is 11.8 Å². The minimum absolute atomic E-state index is 0.520. The Kier molecular flexibility index (Phi) is 4.18. The Morgan fingerprint density at radius 3 is 2.42 bits per heavy atom. The van der Waals surface area contributed by atoms with Crippen LogP contribution in [0.25, 0.3) is 17.1 Å². The van der Waals surface area contributed by atoms with Crippen LogP contribution < -0.4 is 5.43 Å². The predicted molar refractivity (Wildman–Crippen MR) is 100 cm³/mol. The van der Waals surface area contributed by atoms with Crippen LogP contribution in [0.15, 0.2) is 53.0 Å². The monoisotopic (exact) mass is 394 g/mol. The van der Waals surface area contributed by atoms with Gasteiger partial charge in [0.05, 0.1) is 10.7 Å². The number of thioether (sulfide) groups is 1. The number of hydrogen-bond acceptors (Lipinski definition) is 4. The summed E-state index contributed by atoms with van der Waals surface area (Å²) >= 11 is 19.7. The van der Waals surface area contributed by atoms with E-state index in [0.717, 1.165) is 22.0 Å². The van der Waals surface area contributed by atoms with Gasteiger partial charge in [0.25, 0.3) is 0 Å². The highest BCUT2D eigenvalue weighted by Crippen LogP contribution is 2.34. The Bertz CT molecular complexity index is 950. The third-order valence-corrected chi connectivity index (χ3v) is 5.10. The minimum Gasteiger partial charge on any atom is -0.289 e. The maximum atomic E-state index is 6.30. The average Bonchev–Trinajstić information content (AvgIpc) is 2.98. The van der Waals surface area contributed by atoms with Crippen molar-refractivity contribution in [2.24, 2.45) is 0 Å². The van der Waals surface area contributed by atoms with E-state index in [1.807, 2.05) is 40.4 Å². The van der Waals surface area contributed by atoms with Crippen LogP contribution in [0.5, 0.6) is 0 Å². The van der Waals surface area contributed by atoms with Gasteiger partial charge in [-0.05, 0) is 30.3 Å². The number of aromatic nitrogens is 3. The summed E-state index contributed by atoms with van der Waals surface area (Å²) in [5.41, 5.74) is 6.01. The van der Waals surface area contributed by atoms with E-state index in [9.17, 15) is 0 Å². The first-order valence-electron chi connectivity index (χ1n) is 6.92. The molecule has 0 amide bonds. The summed E-state index contributed by atoms with van der Waals surface area (Å²) in [5.74, 6) is 0.624. The molecule has 0 spiro atoms. The molecule has 0 saturated carbocycles. The first kappa shape index (κ1) is 15.8. The molecule has 1 aromatic heterocycles. The molecule has 0 aliphatic carbocycles. The Labute approximate surface area is 157 Å². The maximum absolute atomic E-state index is 6.30. The quantitative estimate of drug-likeness (QED) is 0.617. The van der Waals surface area contributed by atoms with Crippen molar-refractivity contribution in [1.82, 2.24) is 14.9 Å². The first-order valence-corrected chi connectivity index (χ1v) is 8.94. The lowest BCUT2D eigenvalue weighted by molar-refractivity contribution is 0.826. The zero-order valence-corrected chi connectivity index (χ0v) is 15.1. The van der Waals surface area contributed by atoms with E-state index in [1.54, 1.807) is 12.1 Å². The standard InChI is InChI=1S/C16H9Cl3N4S/c17-10-3-1-9(2-4-10)14-8-24-16-21-20-15(23(16)22-14)12-6-5-11(18)7-13(12)19/h1-8,22H. The number of nitrogens with zero attached hydrogens (tertiary/aromatic N) is 3. The van der Waals surface area contributed by atoms with Gasteiger partial charge in [-0.25, -0.2) is 4.68 Å². The second kappa shape index (κ2) is 6.33. The van der Waals surface area contributed by atoms with Crippen molar-refractivity contribution < 1.29 is 0 Å². The van der Waals surface area contributed by atoms with E-state index in [4.69, 9.17) is 34.8 Å². The Morgan fingerprint density at radius 2 is 1.67 bits per heavy atom. The van der Waals surface area contributed by atoms with E-state index >= 15 is 0 Å². The third kappa shape index (κ3) is 2.89. The van der Waals surface area contributed by atoms with Crippen molar-refractivity contribution in [3.05, 3.63) is 68.5 Å². The molecule has 2 heterocycles. The van der Waals surface area contributed by atoms with Crippen molar-refractivity contribution >= 4 is 52.3 Å². The van der Waals surface area contributed by atoms with Gasteiger partial charge in [0.1, 0.15) is 0 Å². The van der Waals surface area contributed by atoms with Gasteiger partial charge < -0.3 is 0 Å². The molecule has 1 N–H and O–H groups in total. The fourth-order valence-electron chi connectivity index (χ4n) is 2.31. The van der Waals surface area contributed by atoms with Gasteiger partial charge in [-0.1, -0.05) is 58.7 Å². The average molecular weight is 396 g/mol. The molecule has 0 fully saturated rings. The molecule has 1 aliphatic rings. The van der Waals surface area contributed by atoms with Crippen LogP contribution in [-0.2, 0) is 0 Å². The van der Waals surface area contributed by atoms with Gasteiger partial charge in [-0.2, -0.15) is 0 Å². The van der Waals surface area contributed by atoms with Gasteiger partial charge in [0.15, 0.2) is 5.82 Å². The van der Waals surface area contributed by atoms with Crippen LogP contribution in [0.4, 0.5) is 0 Å². The zero-order valence-electron chi connectivity index (χ0n) is 12.0.